The van der Waals surface area contributed by atoms with Crippen molar-refractivity contribution in [3.05, 3.63) is 71.9 Å². The second kappa shape index (κ2) is 6.24. The third-order valence-corrected chi connectivity index (χ3v) is 3.32. The lowest BCUT2D eigenvalue weighted by molar-refractivity contribution is 1.16. The molecular formula is C18H21N. The summed E-state index contributed by atoms with van der Waals surface area (Å²) in [5.74, 6) is 0. The van der Waals surface area contributed by atoms with Crippen LogP contribution in [0.25, 0.3) is 5.57 Å². The van der Waals surface area contributed by atoms with Crippen molar-refractivity contribution in [2.75, 3.05) is 11.9 Å². The third kappa shape index (κ3) is 3.47. The molecule has 0 aliphatic rings. The molecule has 2 aromatic rings. The summed E-state index contributed by atoms with van der Waals surface area (Å²) < 4.78 is 0. The van der Waals surface area contributed by atoms with Gasteiger partial charge in [0.25, 0.3) is 0 Å². The van der Waals surface area contributed by atoms with E-state index in [2.05, 4.69) is 80.5 Å². The first-order chi connectivity index (χ1) is 9.20. The Morgan fingerprint density at radius 3 is 2.21 bits per heavy atom. The average molecular weight is 251 g/mol. The number of rotatable bonds is 4. The summed E-state index contributed by atoms with van der Waals surface area (Å²) in [6.45, 7) is 4.32. The van der Waals surface area contributed by atoms with Crippen LogP contribution in [0.4, 0.5) is 5.69 Å². The Hall–Kier alpha value is -2.02. The second-order valence-corrected chi connectivity index (χ2v) is 4.82. The van der Waals surface area contributed by atoms with Crippen LogP contribution >= 0.6 is 0 Å². The van der Waals surface area contributed by atoms with Crippen LogP contribution in [0.3, 0.4) is 0 Å². The minimum atomic E-state index is 1.03. The normalized spacial score (nSPS) is 11.4. The lowest BCUT2D eigenvalue weighted by Gasteiger charge is -2.17. The maximum Gasteiger partial charge on any atom is 0.0403 e. The molecule has 0 fully saturated rings. The first kappa shape index (κ1) is 13.4. The molecule has 0 bridgehead atoms. The lowest BCUT2D eigenvalue weighted by Crippen LogP contribution is -2.08. The van der Waals surface area contributed by atoms with Crippen LogP contribution in [0, 0.1) is 6.92 Å². The molecule has 0 amide bonds. The fourth-order valence-electron chi connectivity index (χ4n) is 2.11. The van der Waals surface area contributed by atoms with Crippen molar-refractivity contribution < 1.29 is 0 Å². The molecule has 0 saturated heterocycles. The third-order valence-electron chi connectivity index (χ3n) is 3.32. The Morgan fingerprint density at radius 2 is 1.63 bits per heavy atom. The highest BCUT2D eigenvalue weighted by molar-refractivity contribution is 5.68. The van der Waals surface area contributed by atoms with E-state index >= 15 is 0 Å². The maximum absolute atomic E-state index is 2.22. The molecule has 2 rings (SSSR count). The van der Waals surface area contributed by atoms with E-state index in [1.807, 2.05) is 6.07 Å². The highest BCUT2D eigenvalue weighted by Crippen LogP contribution is 2.21. The van der Waals surface area contributed by atoms with Gasteiger partial charge in [-0.05, 0) is 36.6 Å². The quantitative estimate of drug-likeness (QED) is 0.748. The van der Waals surface area contributed by atoms with Gasteiger partial charge in [0.05, 0.1) is 0 Å². The van der Waals surface area contributed by atoms with Gasteiger partial charge in [-0.2, -0.15) is 0 Å². The summed E-state index contributed by atoms with van der Waals surface area (Å²) >= 11 is 0. The molecule has 0 radical (unpaired) electrons. The molecule has 2 aromatic carbocycles. The van der Waals surface area contributed by atoms with E-state index in [9.17, 15) is 0 Å². The van der Waals surface area contributed by atoms with Crippen molar-refractivity contribution >= 4 is 11.3 Å². The van der Waals surface area contributed by atoms with Gasteiger partial charge < -0.3 is 4.90 Å². The van der Waals surface area contributed by atoms with Gasteiger partial charge in [-0.15, -0.1) is 0 Å². The predicted molar refractivity (Wildman–Crippen MR) is 84.3 cm³/mol. The Balaban J connectivity index is 2.26. The smallest absolute Gasteiger partial charge is 0.0403 e. The number of allylic oxidation sites excluding steroid dienone is 1. The van der Waals surface area contributed by atoms with Gasteiger partial charge in [0, 0.05) is 18.9 Å². The number of hydrogen-bond acceptors (Lipinski definition) is 1. The predicted octanol–water partition coefficient (Wildman–Crippen LogP) is 4.88. The molecule has 0 aromatic heterocycles. The second-order valence-electron chi connectivity index (χ2n) is 4.82. The first-order valence-corrected chi connectivity index (χ1v) is 6.76. The molecular weight excluding hydrogens is 230 g/mol. The van der Waals surface area contributed by atoms with Gasteiger partial charge in [0.15, 0.2) is 0 Å². The fourth-order valence-corrected chi connectivity index (χ4v) is 2.11. The molecule has 98 valence electrons. The van der Waals surface area contributed by atoms with Gasteiger partial charge in [0.1, 0.15) is 0 Å². The summed E-state index contributed by atoms with van der Waals surface area (Å²) in [5.41, 5.74) is 5.17. The number of hydrogen-bond donors (Lipinski definition) is 0. The van der Waals surface area contributed by atoms with Crippen molar-refractivity contribution in [3.63, 3.8) is 0 Å². The Bertz CT molecular complexity index is 538. The lowest BCUT2D eigenvalue weighted by atomic mass is 10.0. The van der Waals surface area contributed by atoms with Gasteiger partial charge >= 0.3 is 0 Å². The van der Waals surface area contributed by atoms with E-state index in [0.717, 1.165) is 6.42 Å². The monoisotopic (exact) mass is 251 g/mol. The zero-order valence-corrected chi connectivity index (χ0v) is 11.9. The van der Waals surface area contributed by atoms with Crippen molar-refractivity contribution in [2.24, 2.45) is 0 Å². The SMILES string of the molecule is CC/C(=C/N(C)c1ccccc1)c1ccc(C)cc1. The molecule has 0 aliphatic carbocycles. The van der Waals surface area contributed by atoms with Crippen LogP contribution in [0.1, 0.15) is 24.5 Å². The van der Waals surface area contributed by atoms with Crippen LogP contribution in [0.15, 0.2) is 60.8 Å². The molecule has 0 unspecified atom stereocenters. The van der Waals surface area contributed by atoms with E-state index < -0.39 is 0 Å². The summed E-state index contributed by atoms with van der Waals surface area (Å²) in [5, 5.41) is 0. The van der Waals surface area contributed by atoms with E-state index in [1.54, 1.807) is 0 Å². The van der Waals surface area contributed by atoms with E-state index in [-0.39, 0.29) is 0 Å². The minimum absolute atomic E-state index is 1.03. The maximum atomic E-state index is 2.22. The van der Waals surface area contributed by atoms with Gasteiger partial charge in [-0.25, -0.2) is 0 Å². The summed E-state index contributed by atoms with van der Waals surface area (Å²) in [6, 6.07) is 19.2. The number of anilines is 1. The molecule has 0 heterocycles. The number of benzene rings is 2. The zero-order valence-electron chi connectivity index (χ0n) is 11.9. The molecule has 0 atom stereocenters. The highest BCUT2D eigenvalue weighted by Gasteiger charge is 2.02. The summed E-state index contributed by atoms with van der Waals surface area (Å²) in [6.07, 6.45) is 3.25. The molecule has 0 aliphatic heterocycles. The average Bonchev–Trinajstić information content (AvgIpc) is 2.46. The van der Waals surface area contributed by atoms with Crippen molar-refractivity contribution in [3.8, 4) is 0 Å². The van der Waals surface area contributed by atoms with Gasteiger partial charge in [-0.1, -0.05) is 55.0 Å². The first-order valence-electron chi connectivity index (χ1n) is 6.76. The fraction of sp³-hybridized carbons (Fsp3) is 0.222. The standard InChI is InChI=1S/C18H21N/c1-4-16(17-12-10-15(2)11-13-17)14-19(3)18-8-6-5-7-9-18/h5-14H,4H2,1-3H3/b16-14-. The zero-order chi connectivity index (χ0) is 13.7. The topological polar surface area (TPSA) is 3.24 Å². The van der Waals surface area contributed by atoms with Crippen LogP contribution in [0.2, 0.25) is 0 Å². The van der Waals surface area contributed by atoms with Crippen LogP contribution in [0.5, 0.6) is 0 Å². The Morgan fingerprint density at radius 1 is 1.00 bits per heavy atom. The van der Waals surface area contributed by atoms with E-state index in [1.165, 1.54) is 22.4 Å². The van der Waals surface area contributed by atoms with Crippen molar-refractivity contribution in [1.82, 2.24) is 0 Å². The van der Waals surface area contributed by atoms with Crippen LogP contribution < -0.4 is 4.90 Å². The number of para-hydroxylation sites is 1. The van der Waals surface area contributed by atoms with Crippen molar-refractivity contribution in [1.29, 1.82) is 0 Å². The summed E-state index contributed by atoms with van der Waals surface area (Å²) in [7, 11) is 2.10. The van der Waals surface area contributed by atoms with Gasteiger partial charge in [0.2, 0.25) is 0 Å². The molecule has 0 spiro atoms. The number of aryl methyl sites for hydroxylation is 1. The largest absolute Gasteiger partial charge is 0.351 e. The Kier molecular flexibility index (Phi) is 4.40. The minimum Gasteiger partial charge on any atom is -0.351 e. The molecule has 1 nitrogen and oxygen atoms in total. The number of nitrogens with zero attached hydrogens (tertiary/aromatic N) is 1. The Labute approximate surface area is 116 Å². The molecule has 19 heavy (non-hydrogen) atoms. The highest BCUT2D eigenvalue weighted by atomic mass is 15.1. The van der Waals surface area contributed by atoms with E-state index in [4.69, 9.17) is 0 Å². The van der Waals surface area contributed by atoms with Crippen LogP contribution in [-0.4, -0.2) is 7.05 Å². The molecule has 0 N–H and O–H groups in total. The van der Waals surface area contributed by atoms with E-state index in [0.29, 0.717) is 0 Å². The molecule has 0 saturated carbocycles. The van der Waals surface area contributed by atoms with Crippen LogP contribution in [-0.2, 0) is 0 Å². The van der Waals surface area contributed by atoms with Crippen molar-refractivity contribution in [2.45, 2.75) is 20.3 Å². The summed E-state index contributed by atoms with van der Waals surface area (Å²) in [4.78, 5) is 2.18. The van der Waals surface area contributed by atoms with Gasteiger partial charge in [-0.3, -0.25) is 0 Å². The molecule has 1 heteroatoms.